The maximum atomic E-state index is 13.3. The van der Waals surface area contributed by atoms with Gasteiger partial charge in [0, 0.05) is 11.1 Å². The molecule has 98 valence electrons. The lowest BCUT2D eigenvalue weighted by Crippen LogP contribution is -2.02. The van der Waals surface area contributed by atoms with Crippen LogP contribution in [0.5, 0.6) is 0 Å². The number of halogens is 2. The van der Waals surface area contributed by atoms with E-state index < -0.39 is 0 Å². The minimum absolute atomic E-state index is 0. The van der Waals surface area contributed by atoms with Gasteiger partial charge in [-0.25, -0.2) is 14.4 Å². The van der Waals surface area contributed by atoms with Crippen LogP contribution in [0.15, 0.2) is 48.5 Å². The molecule has 0 radical (unpaired) electrons. The van der Waals surface area contributed by atoms with Crippen molar-refractivity contribution in [2.75, 3.05) is 5.32 Å². The van der Waals surface area contributed by atoms with Crippen LogP contribution in [0.2, 0.25) is 0 Å². The number of aromatic nitrogens is 2. The fourth-order valence-electron chi connectivity index (χ4n) is 1.97. The third-order valence-electron chi connectivity index (χ3n) is 2.86. The van der Waals surface area contributed by atoms with Crippen LogP contribution in [0.4, 0.5) is 10.2 Å². The van der Waals surface area contributed by atoms with E-state index in [1.54, 1.807) is 6.07 Å². The van der Waals surface area contributed by atoms with Crippen LogP contribution in [0.3, 0.4) is 0 Å². The van der Waals surface area contributed by atoms with Gasteiger partial charge in [0.15, 0.2) is 0 Å². The van der Waals surface area contributed by atoms with Gasteiger partial charge in [0.05, 0.1) is 5.52 Å². The molecule has 0 saturated heterocycles. The van der Waals surface area contributed by atoms with Gasteiger partial charge in [0.25, 0.3) is 0 Å². The first-order chi connectivity index (χ1) is 8.83. The summed E-state index contributed by atoms with van der Waals surface area (Å²) >= 11 is 0. The maximum absolute atomic E-state index is 13.3. The average molecular weight is 278 g/mol. The van der Waals surface area contributed by atoms with Crippen LogP contribution in [0.1, 0.15) is 12.8 Å². The summed E-state index contributed by atoms with van der Waals surface area (Å²) < 4.78 is 13.3. The van der Waals surface area contributed by atoms with Crippen LogP contribution in [0, 0.1) is 5.82 Å². The number of hydrogen-bond donors (Lipinski definition) is 1. The Labute approximate surface area is 116 Å². The van der Waals surface area contributed by atoms with E-state index in [2.05, 4.69) is 27.4 Å². The monoisotopic (exact) mass is 277 g/mol. The summed E-state index contributed by atoms with van der Waals surface area (Å²) in [5, 5.41) is 3.90. The number of anilines is 1. The van der Waals surface area contributed by atoms with Crippen LogP contribution < -0.4 is 5.32 Å². The highest BCUT2D eigenvalue weighted by atomic mass is 35.5. The lowest BCUT2D eigenvalue weighted by molar-refractivity contribution is 0.629. The molecule has 1 N–H and O–H groups in total. The van der Waals surface area contributed by atoms with Crippen LogP contribution in [0.25, 0.3) is 10.9 Å². The third kappa shape index (κ3) is 2.90. The molecule has 2 aromatic rings. The molecule has 0 bridgehead atoms. The molecule has 0 atom stereocenters. The molecular formula is C14H13ClFN3. The molecule has 1 aliphatic carbocycles. The van der Waals surface area contributed by atoms with Crippen molar-refractivity contribution < 1.29 is 4.39 Å². The van der Waals surface area contributed by atoms with E-state index in [9.17, 15) is 4.39 Å². The number of nitrogens with zero attached hydrogens (tertiary/aromatic N) is 2. The molecule has 1 aliphatic rings. The molecule has 0 spiro atoms. The quantitative estimate of drug-likeness (QED) is 0.906. The molecule has 5 heteroatoms. The molecule has 1 aromatic heterocycles. The van der Waals surface area contributed by atoms with Crippen molar-refractivity contribution in [1.82, 2.24) is 9.97 Å². The molecule has 3 rings (SSSR count). The topological polar surface area (TPSA) is 37.8 Å². The van der Waals surface area contributed by atoms with Gasteiger partial charge in [-0.3, -0.25) is 0 Å². The normalized spacial score (nSPS) is 13.8. The third-order valence-corrected chi connectivity index (χ3v) is 2.86. The zero-order valence-corrected chi connectivity index (χ0v) is 11.0. The van der Waals surface area contributed by atoms with Crippen molar-refractivity contribution in [3.05, 3.63) is 54.3 Å². The van der Waals surface area contributed by atoms with Crippen molar-refractivity contribution >= 4 is 29.1 Å². The molecule has 0 fully saturated rings. The Bertz CT molecular complexity index is 652. The van der Waals surface area contributed by atoms with Gasteiger partial charge in [-0.2, -0.15) is 0 Å². The van der Waals surface area contributed by atoms with Crippen LogP contribution in [-0.2, 0) is 0 Å². The molecule has 0 saturated carbocycles. The van der Waals surface area contributed by atoms with E-state index in [4.69, 9.17) is 0 Å². The number of nitrogens with one attached hydrogen (secondary N) is 1. The van der Waals surface area contributed by atoms with Gasteiger partial charge >= 0.3 is 0 Å². The van der Waals surface area contributed by atoms with E-state index in [1.165, 1.54) is 18.5 Å². The smallest absolute Gasteiger partial charge is 0.141 e. The summed E-state index contributed by atoms with van der Waals surface area (Å²) in [4.78, 5) is 8.30. The van der Waals surface area contributed by atoms with E-state index in [0.717, 1.165) is 24.1 Å². The maximum Gasteiger partial charge on any atom is 0.141 e. The second-order valence-corrected chi connectivity index (χ2v) is 4.15. The highest BCUT2D eigenvalue weighted by Crippen LogP contribution is 2.22. The summed E-state index contributed by atoms with van der Waals surface area (Å²) in [6, 6.07) is 4.51. The first-order valence-corrected chi connectivity index (χ1v) is 5.87. The highest BCUT2D eigenvalue weighted by molar-refractivity contribution is 5.89. The lowest BCUT2D eigenvalue weighted by Gasteiger charge is -2.11. The van der Waals surface area contributed by atoms with E-state index in [1.807, 2.05) is 6.08 Å². The summed E-state index contributed by atoms with van der Waals surface area (Å²) in [5.41, 5.74) is 1.72. The largest absolute Gasteiger partial charge is 0.340 e. The second-order valence-electron chi connectivity index (χ2n) is 4.15. The average Bonchev–Trinajstić information content (AvgIpc) is 2.41. The number of allylic oxidation sites excluding steroid dienone is 3. The molecule has 0 unspecified atom stereocenters. The van der Waals surface area contributed by atoms with Crippen LogP contribution >= 0.6 is 12.4 Å². The van der Waals surface area contributed by atoms with Gasteiger partial charge in [0.2, 0.25) is 0 Å². The van der Waals surface area contributed by atoms with Gasteiger partial charge in [0.1, 0.15) is 18.0 Å². The number of rotatable bonds is 2. The molecule has 1 aromatic carbocycles. The van der Waals surface area contributed by atoms with Crippen molar-refractivity contribution in [3.63, 3.8) is 0 Å². The summed E-state index contributed by atoms with van der Waals surface area (Å²) in [5.74, 6) is 0.353. The number of benzene rings is 1. The summed E-state index contributed by atoms with van der Waals surface area (Å²) in [6.07, 6.45) is 9.77. The lowest BCUT2D eigenvalue weighted by atomic mass is 10.1. The Morgan fingerprint density at radius 3 is 2.84 bits per heavy atom. The number of fused-ring (bicyclic) bond motifs is 1. The van der Waals surface area contributed by atoms with E-state index in [-0.39, 0.29) is 18.2 Å². The second kappa shape index (κ2) is 5.80. The Balaban J connectivity index is 0.00000133. The molecule has 0 aliphatic heterocycles. The summed E-state index contributed by atoms with van der Waals surface area (Å²) in [6.45, 7) is 0. The Morgan fingerprint density at radius 1 is 1.16 bits per heavy atom. The molecule has 1 heterocycles. The molecule has 19 heavy (non-hydrogen) atoms. The molecule has 3 nitrogen and oxygen atoms in total. The molecular weight excluding hydrogens is 265 g/mol. The highest BCUT2D eigenvalue weighted by Gasteiger charge is 2.06. The fraction of sp³-hybridized carbons (Fsp3) is 0.143. The van der Waals surface area contributed by atoms with Gasteiger partial charge < -0.3 is 5.32 Å². The first-order valence-electron chi connectivity index (χ1n) is 5.87. The predicted octanol–water partition coefficient (Wildman–Crippen LogP) is 3.84. The number of hydrogen-bond acceptors (Lipinski definition) is 3. The fourth-order valence-corrected chi connectivity index (χ4v) is 1.97. The van der Waals surface area contributed by atoms with Gasteiger partial charge in [-0.1, -0.05) is 12.2 Å². The first kappa shape index (κ1) is 13.5. The van der Waals surface area contributed by atoms with Gasteiger partial charge in [-0.05, 0) is 37.1 Å². The minimum Gasteiger partial charge on any atom is -0.340 e. The van der Waals surface area contributed by atoms with Crippen molar-refractivity contribution in [2.24, 2.45) is 0 Å². The molecule has 0 amide bonds. The minimum atomic E-state index is -0.284. The zero-order valence-electron chi connectivity index (χ0n) is 10.1. The van der Waals surface area contributed by atoms with E-state index >= 15 is 0 Å². The Morgan fingerprint density at radius 2 is 2.05 bits per heavy atom. The SMILES string of the molecule is Cl.Fc1ccc2ncnc(NC3=CCCC=C3)c2c1. The van der Waals surface area contributed by atoms with E-state index in [0.29, 0.717) is 11.2 Å². The Hall–Kier alpha value is -1.94. The van der Waals surface area contributed by atoms with Gasteiger partial charge in [-0.15, -0.1) is 12.4 Å². The van der Waals surface area contributed by atoms with Crippen molar-refractivity contribution in [1.29, 1.82) is 0 Å². The van der Waals surface area contributed by atoms with Crippen molar-refractivity contribution in [3.8, 4) is 0 Å². The summed E-state index contributed by atoms with van der Waals surface area (Å²) in [7, 11) is 0. The Kier molecular flexibility index (Phi) is 4.12. The van der Waals surface area contributed by atoms with Crippen LogP contribution in [-0.4, -0.2) is 9.97 Å². The predicted molar refractivity (Wildman–Crippen MR) is 76.8 cm³/mol. The zero-order chi connectivity index (χ0) is 12.4. The standard InChI is InChI=1S/C14H12FN3.ClH/c15-10-6-7-13-12(8-10)14(17-9-16-13)18-11-4-2-1-3-5-11;/h2,4-9H,1,3H2,(H,16,17,18);1H. The van der Waals surface area contributed by atoms with Crippen molar-refractivity contribution in [2.45, 2.75) is 12.8 Å².